The number of phosphoric ester groups is 2. The van der Waals surface area contributed by atoms with Crippen molar-refractivity contribution in [2.75, 3.05) is 39.6 Å². The summed E-state index contributed by atoms with van der Waals surface area (Å²) in [5.41, 5.74) is 0. The predicted molar refractivity (Wildman–Crippen MR) is 418 cm³/mol. The van der Waals surface area contributed by atoms with Crippen LogP contribution in [0.1, 0.15) is 420 Å². The minimum absolute atomic E-state index is 0.0847. The standard InChI is InChI=1S/C83H158O17P2/c1-6-9-12-15-18-21-24-27-30-32-33-34-35-36-39-42-45-48-53-59-64-69-82(87)99-78(72-93-80(85)66-61-56-51-46-43-40-38-31-28-25-22-19-16-13-10-7-2)74-97-101(89,90)95-70-77(84)71-96-102(91,92)98-75-79(73-94-81(86)67-62-57-54-49-50-55-60-65-76(4)5)100-83(88)68-63-58-52-47-44-41-37-29-26-23-20-17-14-11-8-3/h23,26,29,37,76-79,84H,6-22,24-25,27-28,30-36,38-75H2,1-5H3,(H,89,90)(H,91,92)/b26-23-,37-29-/t77-,78-,79-/m1/s1. The molecule has 102 heavy (non-hydrogen) atoms. The summed E-state index contributed by atoms with van der Waals surface area (Å²) in [5, 5.41) is 10.6. The number of unbranched alkanes of at least 4 members (excludes halogenated alkanes) is 50. The van der Waals surface area contributed by atoms with Crippen LogP contribution in [0.25, 0.3) is 0 Å². The maximum atomic E-state index is 13.1. The van der Waals surface area contributed by atoms with Gasteiger partial charge in [0.25, 0.3) is 0 Å². The molecular formula is C83H158O17P2. The van der Waals surface area contributed by atoms with Gasteiger partial charge in [-0.3, -0.25) is 37.3 Å². The summed E-state index contributed by atoms with van der Waals surface area (Å²) >= 11 is 0. The summed E-state index contributed by atoms with van der Waals surface area (Å²) in [6.07, 6.45) is 70.4. The number of carbonyl (C=O) groups excluding carboxylic acids is 4. The van der Waals surface area contributed by atoms with Gasteiger partial charge in [0.05, 0.1) is 26.4 Å². The van der Waals surface area contributed by atoms with Gasteiger partial charge in [0.15, 0.2) is 12.2 Å². The first-order valence-electron chi connectivity index (χ1n) is 42.5. The van der Waals surface area contributed by atoms with Crippen LogP contribution in [0.15, 0.2) is 24.3 Å². The Morgan fingerprint density at radius 2 is 0.529 bits per heavy atom. The second-order valence-corrected chi connectivity index (χ2v) is 32.6. The molecule has 0 spiro atoms. The summed E-state index contributed by atoms with van der Waals surface area (Å²) in [6.45, 7) is 7.21. The van der Waals surface area contributed by atoms with Crippen molar-refractivity contribution in [3.05, 3.63) is 24.3 Å². The molecule has 3 N–H and O–H groups in total. The Kier molecular flexibility index (Phi) is 73.5. The normalized spacial score (nSPS) is 14.0. The number of hydrogen-bond donors (Lipinski definition) is 3. The van der Waals surface area contributed by atoms with Crippen molar-refractivity contribution in [1.29, 1.82) is 0 Å². The van der Waals surface area contributed by atoms with Crippen LogP contribution in [0.3, 0.4) is 0 Å². The van der Waals surface area contributed by atoms with Crippen molar-refractivity contribution in [2.45, 2.75) is 438 Å². The van der Waals surface area contributed by atoms with E-state index in [9.17, 15) is 43.2 Å². The van der Waals surface area contributed by atoms with E-state index in [4.69, 9.17) is 37.0 Å². The molecule has 0 aliphatic rings. The molecule has 2 unspecified atom stereocenters. The fraction of sp³-hybridized carbons (Fsp3) is 0.904. The monoisotopic (exact) mass is 1490 g/mol. The van der Waals surface area contributed by atoms with Crippen molar-refractivity contribution >= 4 is 39.5 Å². The van der Waals surface area contributed by atoms with E-state index in [1.807, 2.05) is 0 Å². The van der Waals surface area contributed by atoms with Gasteiger partial charge in [0.2, 0.25) is 0 Å². The van der Waals surface area contributed by atoms with Crippen LogP contribution in [0.4, 0.5) is 0 Å². The molecule has 0 aliphatic carbocycles. The van der Waals surface area contributed by atoms with Gasteiger partial charge in [-0.15, -0.1) is 0 Å². The van der Waals surface area contributed by atoms with Crippen molar-refractivity contribution in [3.63, 3.8) is 0 Å². The highest BCUT2D eigenvalue weighted by atomic mass is 31.2. The number of rotatable bonds is 81. The highest BCUT2D eigenvalue weighted by molar-refractivity contribution is 7.47. The van der Waals surface area contributed by atoms with Crippen LogP contribution in [0, 0.1) is 5.92 Å². The van der Waals surface area contributed by atoms with Crippen LogP contribution >= 0.6 is 15.6 Å². The van der Waals surface area contributed by atoms with Crippen molar-refractivity contribution in [1.82, 2.24) is 0 Å². The number of hydrogen-bond acceptors (Lipinski definition) is 15. The Morgan fingerprint density at radius 3 is 0.804 bits per heavy atom. The van der Waals surface area contributed by atoms with Crippen LogP contribution in [0.5, 0.6) is 0 Å². The largest absolute Gasteiger partial charge is 0.472 e. The van der Waals surface area contributed by atoms with Crippen molar-refractivity contribution in [3.8, 4) is 0 Å². The molecule has 0 aromatic rings. The number of esters is 4. The molecule has 0 radical (unpaired) electrons. The number of phosphoric acid groups is 2. The zero-order valence-corrected chi connectivity index (χ0v) is 68.0. The summed E-state index contributed by atoms with van der Waals surface area (Å²) in [5.74, 6) is -1.43. The summed E-state index contributed by atoms with van der Waals surface area (Å²) in [4.78, 5) is 73.0. The van der Waals surface area contributed by atoms with E-state index in [2.05, 4.69) is 58.9 Å². The molecule has 0 bridgehead atoms. The second kappa shape index (κ2) is 75.4. The van der Waals surface area contributed by atoms with Gasteiger partial charge in [0, 0.05) is 25.7 Å². The molecule has 5 atom stereocenters. The summed E-state index contributed by atoms with van der Waals surface area (Å²) < 4.78 is 68.7. The number of ether oxygens (including phenoxy) is 4. The summed E-state index contributed by atoms with van der Waals surface area (Å²) in [6, 6.07) is 0. The van der Waals surface area contributed by atoms with E-state index < -0.39 is 97.5 Å². The maximum absolute atomic E-state index is 13.1. The highest BCUT2D eigenvalue weighted by Gasteiger charge is 2.30. The Morgan fingerprint density at radius 1 is 0.304 bits per heavy atom. The topological polar surface area (TPSA) is 237 Å². The van der Waals surface area contributed by atoms with E-state index in [0.29, 0.717) is 31.6 Å². The lowest BCUT2D eigenvalue weighted by Gasteiger charge is -2.21. The third-order valence-electron chi connectivity index (χ3n) is 18.9. The van der Waals surface area contributed by atoms with E-state index in [1.54, 1.807) is 0 Å². The summed E-state index contributed by atoms with van der Waals surface area (Å²) in [7, 11) is -9.93. The predicted octanol–water partition coefficient (Wildman–Crippen LogP) is 24.8. The van der Waals surface area contributed by atoms with E-state index >= 15 is 0 Å². The highest BCUT2D eigenvalue weighted by Crippen LogP contribution is 2.45. The molecule has 17 nitrogen and oxygen atoms in total. The Labute approximate surface area is 624 Å². The lowest BCUT2D eigenvalue weighted by Crippen LogP contribution is -2.30. The smallest absolute Gasteiger partial charge is 0.462 e. The molecule has 0 saturated heterocycles. The van der Waals surface area contributed by atoms with Crippen LogP contribution in [-0.2, 0) is 65.4 Å². The van der Waals surface area contributed by atoms with Crippen LogP contribution < -0.4 is 0 Å². The quantitative estimate of drug-likeness (QED) is 0.0169. The molecule has 0 aliphatic heterocycles. The molecule has 0 heterocycles. The van der Waals surface area contributed by atoms with E-state index in [0.717, 1.165) is 109 Å². The molecule has 0 aromatic carbocycles. The molecule has 19 heteroatoms. The molecule has 602 valence electrons. The number of carbonyl (C=O) groups is 4. The average Bonchev–Trinajstić information content (AvgIpc) is 0.933. The van der Waals surface area contributed by atoms with E-state index in [-0.39, 0.29) is 25.7 Å². The first kappa shape index (κ1) is 99.5. The Balaban J connectivity index is 5.25. The van der Waals surface area contributed by atoms with Gasteiger partial charge in [-0.25, -0.2) is 9.13 Å². The van der Waals surface area contributed by atoms with Gasteiger partial charge in [-0.2, -0.15) is 0 Å². The van der Waals surface area contributed by atoms with Crippen LogP contribution in [-0.4, -0.2) is 96.7 Å². The third kappa shape index (κ3) is 75.8. The van der Waals surface area contributed by atoms with Gasteiger partial charge in [-0.1, -0.05) is 367 Å². The Hall–Kier alpha value is -2.46. The van der Waals surface area contributed by atoms with Crippen LogP contribution in [0.2, 0.25) is 0 Å². The minimum Gasteiger partial charge on any atom is -0.462 e. The van der Waals surface area contributed by atoms with E-state index in [1.165, 1.54) is 225 Å². The van der Waals surface area contributed by atoms with Gasteiger partial charge >= 0.3 is 39.5 Å². The first-order chi connectivity index (χ1) is 49.5. The molecule has 0 saturated carbocycles. The lowest BCUT2D eigenvalue weighted by molar-refractivity contribution is -0.161. The maximum Gasteiger partial charge on any atom is 0.472 e. The molecule has 0 rings (SSSR count). The fourth-order valence-electron chi connectivity index (χ4n) is 12.4. The fourth-order valence-corrected chi connectivity index (χ4v) is 14.0. The second-order valence-electron chi connectivity index (χ2n) is 29.7. The molecule has 0 fully saturated rings. The minimum atomic E-state index is -4.97. The number of aliphatic hydroxyl groups excluding tert-OH is 1. The molecule has 0 aromatic heterocycles. The zero-order chi connectivity index (χ0) is 74.8. The lowest BCUT2D eigenvalue weighted by atomic mass is 10.0. The van der Waals surface area contributed by atoms with Gasteiger partial charge in [0.1, 0.15) is 19.3 Å². The first-order valence-corrected chi connectivity index (χ1v) is 45.4. The zero-order valence-electron chi connectivity index (χ0n) is 66.2. The molecular weight excluding hydrogens is 1330 g/mol. The Bertz CT molecular complexity index is 2040. The van der Waals surface area contributed by atoms with Crippen molar-refractivity contribution < 1.29 is 80.2 Å². The SMILES string of the molecule is CCCCCC/C=C\C=C/CCCCCCCC(=O)O[C@H](COC(=O)CCCCCCCCCC(C)C)COP(=O)(O)OC[C@H](O)COP(=O)(O)OC[C@@H](COC(=O)CCCCCCCCCCCCCCCCCC)OC(=O)CCCCCCCCCCCCCCCCCCCCCCC. The number of aliphatic hydroxyl groups is 1. The van der Waals surface area contributed by atoms with Gasteiger partial charge in [-0.05, 0) is 57.3 Å². The molecule has 0 amide bonds. The van der Waals surface area contributed by atoms with Crippen molar-refractivity contribution in [2.24, 2.45) is 5.92 Å². The number of allylic oxidation sites excluding steroid dienone is 4. The average molecular weight is 1490 g/mol. The third-order valence-corrected chi connectivity index (χ3v) is 20.8. The van der Waals surface area contributed by atoms with Gasteiger partial charge < -0.3 is 33.8 Å².